The average Bonchev–Trinajstić information content (AvgIpc) is 3.13. The van der Waals surface area contributed by atoms with Crippen LogP contribution < -0.4 is 14.2 Å². The summed E-state index contributed by atoms with van der Waals surface area (Å²) in [7, 11) is 2.99. The number of carbonyl (C=O) groups is 2. The third-order valence-corrected chi connectivity index (χ3v) is 5.15. The lowest BCUT2D eigenvalue weighted by Gasteiger charge is -2.19. The molecule has 0 spiro atoms. The van der Waals surface area contributed by atoms with Gasteiger partial charge in [-0.05, 0) is 23.6 Å². The molecule has 1 heterocycles. The number of benzene rings is 2. The highest BCUT2D eigenvalue weighted by Gasteiger charge is 2.37. The summed E-state index contributed by atoms with van der Waals surface area (Å²) in [4.78, 5) is 25.9. The molecule has 7 heteroatoms. The summed E-state index contributed by atoms with van der Waals surface area (Å²) in [6.45, 7) is 2.75. The molecule has 1 fully saturated rings. The van der Waals surface area contributed by atoms with E-state index >= 15 is 0 Å². The van der Waals surface area contributed by atoms with Crippen LogP contribution in [0.5, 0.6) is 17.2 Å². The molecule has 0 radical (unpaired) electrons. The van der Waals surface area contributed by atoms with E-state index in [0.29, 0.717) is 36.0 Å². The smallest absolute Gasteiger partial charge is 0.308 e. The molecule has 0 aliphatic carbocycles. The van der Waals surface area contributed by atoms with Gasteiger partial charge >= 0.3 is 5.97 Å². The van der Waals surface area contributed by atoms with E-state index in [-0.39, 0.29) is 18.4 Å². The molecule has 29 heavy (non-hydrogen) atoms. The quantitative estimate of drug-likeness (QED) is 0.770. The molecule has 2 aromatic rings. The van der Waals surface area contributed by atoms with Crippen LogP contribution in [0.3, 0.4) is 0 Å². The molecule has 154 valence electrons. The first-order chi connectivity index (χ1) is 13.9. The number of aliphatic carboxylic acids is 1. The normalized spacial score (nSPS) is 18.4. The average molecular weight is 399 g/mol. The molecule has 1 saturated heterocycles. The van der Waals surface area contributed by atoms with Crippen molar-refractivity contribution in [2.75, 3.05) is 27.3 Å². The van der Waals surface area contributed by atoms with Crippen molar-refractivity contribution in [2.45, 2.75) is 13.5 Å². The van der Waals surface area contributed by atoms with Gasteiger partial charge < -0.3 is 24.2 Å². The van der Waals surface area contributed by atoms with Crippen LogP contribution in [-0.4, -0.2) is 49.2 Å². The first-order valence-corrected chi connectivity index (χ1v) is 9.39. The number of methoxy groups -OCH3 is 2. The van der Waals surface area contributed by atoms with E-state index in [0.717, 1.165) is 5.56 Å². The molecular formula is C22H25NO6. The van der Waals surface area contributed by atoms with Gasteiger partial charge in [0, 0.05) is 18.7 Å². The van der Waals surface area contributed by atoms with E-state index in [1.165, 1.54) is 14.2 Å². The molecule has 0 unspecified atom stereocenters. The van der Waals surface area contributed by atoms with E-state index in [1.54, 1.807) is 17.0 Å². The fourth-order valence-corrected chi connectivity index (χ4v) is 3.51. The predicted molar refractivity (Wildman–Crippen MR) is 107 cm³/mol. The summed E-state index contributed by atoms with van der Waals surface area (Å²) in [5.74, 6) is -0.630. The van der Waals surface area contributed by atoms with E-state index in [4.69, 9.17) is 14.2 Å². The lowest BCUT2D eigenvalue weighted by molar-refractivity contribution is -0.142. The first-order valence-electron chi connectivity index (χ1n) is 9.39. The third kappa shape index (κ3) is 4.45. The lowest BCUT2D eigenvalue weighted by atomic mass is 9.99. The van der Waals surface area contributed by atoms with Crippen LogP contribution in [0, 0.1) is 11.8 Å². The fraction of sp³-hybridized carbons (Fsp3) is 0.364. The molecule has 1 aliphatic rings. The highest BCUT2D eigenvalue weighted by Crippen LogP contribution is 2.39. The van der Waals surface area contributed by atoms with Crippen molar-refractivity contribution in [3.63, 3.8) is 0 Å². The van der Waals surface area contributed by atoms with Crippen LogP contribution in [-0.2, 0) is 11.4 Å². The number of rotatable bonds is 7. The second kappa shape index (κ2) is 8.86. The molecule has 1 amide bonds. The summed E-state index contributed by atoms with van der Waals surface area (Å²) < 4.78 is 16.8. The number of amides is 1. The zero-order valence-electron chi connectivity index (χ0n) is 16.8. The van der Waals surface area contributed by atoms with Crippen molar-refractivity contribution in [3.8, 4) is 17.2 Å². The molecule has 7 nitrogen and oxygen atoms in total. The zero-order chi connectivity index (χ0) is 21.0. The maximum absolute atomic E-state index is 13.0. The van der Waals surface area contributed by atoms with Gasteiger partial charge in [-0.2, -0.15) is 0 Å². The van der Waals surface area contributed by atoms with Gasteiger partial charge in [0.15, 0.2) is 11.5 Å². The first kappa shape index (κ1) is 20.5. The van der Waals surface area contributed by atoms with Gasteiger partial charge in [0.1, 0.15) is 6.61 Å². The molecule has 0 aromatic heterocycles. The number of ether oxygens (including phenoxy) is 3. The molecule has 2 aromatic carbocycles. The molecule has 0 saturated carbocycles. The van der Waals surface area contributed by atoms with Crippen LogP contribution >= 0.6 is 0 Å². The lowest BCUT2D eigenvalue weighted by Crippen LogP contribution is -2.30. The molecule has 1 N–H and O–H groups in total. The van der Waals surface area contributed by atoms with Crippen molar-refractivity contribution in [1.29, 1.82) is 0 Å². The van der Waals surface area contributed by atoms with Gasteiger partial charge in [-0.1, -0.05) is 37.3 Å². The van der Waals surface area contributed by atoms with Gasteiger partial charge in [-0.25, -0.2) is 0 Å². The predicted octanol–water partition coefficient (Wildman–Crippen LogP) is 3.08. The van der Waals surface area contributed by atoms with E-state index in [2.05, 4.69) is 0 Å². The maximum atomic E-state index is 13.0. The van der Waals surface area contributed by atoms with Crippen molar-refractivity contribution in [2.24, 2.45) is 11.8 Å². The van der Waals surface area contributed by atoms with Gasteiger partial charge in [0.05, 0.1) is 20.1 Å². The topological polar surface area (TPSA) is 85.3 Å². The van der Waals surface area contributed by atoms with Crippen LogP contribution in [0.1, 0.15) is 22.8 Å². The highest BCUT2D eigenvalue weighted by molar-refractivity contribution is 5.96. The second-order valence-corrected chi connectivity index (χ2v) is 7.12. The van der Waals surface area contributed by atoms with Gasteiger partial charge in [-0.15, -0.1) is 0 Å². The molecule has 3 rings (SSSR count). The van der Waals surface area contributed by atoms with Crippen LogP contribution in [0.25, 0.3) is 0 Å². The number of hydrogen-bond acceptors (Lipinski definition) is 5. The Morgan fingerprint density at radius 1 is 1.07 bits per heavy atom. The Hall–Kier alpha value is -3.22. The van der Waals surface area contributed by atoms with E-state index in [1.807, 2.05) is 37.3 Å². The van der Waals surface area contributed by atoms with Crippen molar-refractivity contribution >= 4 is 11.9 Å². The molecular weight excluding hydrogens is 374 g/mol. The minimum Gasteiger partial charge on any atom is -0.493 e. The number of carboxylic acid groups (broad SMARTS) is 1. The Kier molecular flexibility index (Phi) is 6.26. The highest BCUT2D eigenvalue weighted by atomic mass is 16.5. The van der Waals surface area contributed by atoms with E-state index in [9.17, 15) is 14.7 Å². The van der Waals surface area contributed by atoms with Gasteiger partial charge in [0.25, 0.3) is 5.91 Å². The Balaban J connectivity index is 1.84. The SMILES string of the molecule is COc1cc(C(=O)N2C[C@@H](C)[C@H](C(=O)O)C2)cc(OC)c1OCc1ccccc1. The number of carbonyl (C=O) groups excluding carboxylic acids is 1. The Labute approximate surface area is 169 Å². The Morgan fingerprint density at radius 3 is 2.21 bits per heavy atom. The summed E-state index contributed by atoms with van der Waals surface area (Å²) in [6, 6.07) is 12.9. The minimum absolute atomic E-state index is 0.103. The third-order valence-electron chi connectivity index (χ3n) is 5.15. The standard InChI is InChI=1S/C22H25NO6/c1-14-11-23(12-17(14)22(25)26)21(24)16-9-18(27-2)20(19(10-16)28-3)29-13-15-7-5-4-6-8-15/h4-10,14,17H,11-13H2,1-3H3,(H,25,26)/t14-,17-/m1/s1. The number of likely N-dealkylation sites (tertiary alicyclic amines) is 1. The zero-order valence-corrected chi connectivity index (χ0v) is 16.8. The number of nitrogens with zero attached hydrogens (tertiary/aromatic N) is 1. The van der Waals surface area contributed by atoms with Crippen molar-refractivity contribution < 1.29 is 28.9 Å². The molecule has 1 aliphatic heterocycles. The summed E-state index contributed by atoms with van der Waals surface area (Å²) in [6.07, 6.45) is 0. The fourth-order valence-electron chi connectivity index (χ4n) is 3.51. The molecule has 0 bridgehead atoms. The summed E-state index contributed by atoms with van der Waals surface area (Å²) >= 11 is 0. The number of hydrogen-bond donors (Lipinski definition) is 1. The van der Waals surface area contributed by atoms with Crippen LogP contribution in [0.2, 0.25) is 0 Å². The minimum atomic E-state index is -0.882. The Morgan fingerprint density at radius 2 is 1.69 bits per heavy atom. The Bertz CT molecular complexity index is 857. The number of carboxylic acids is 1. The summed E-state index contributed by atoms with van der Waals surface area (Å²) in [5, 5.41) is 9.31. The monoisotopic (exact) mass is 399 g/mol. The van der Waals surface area contributed by atoms with E-state index < -0.39 is 11.9 Å². The maximum Gasteiger partial charge on any atom is 0.308 e. The summed E-state index contributed by atoms with van der Waals surface area (Å²) in [5.41, 5.74) is 1.35. The van der Waals surface area contributed by atoms with Gasteiger partial charge in [0.2, 0.25) is 5.75 Å². The second-order valence-electron chi connectivity index (χ2n) is 7.12. The molecule has 2 atom stereocenters. The van der Waals surface area contributed by atoms with Crippen LogP contribution in [0.15, 0.2) is 42.5 Å². The van der Waals surface area contributed by atoms with Gasteiger partial charge in [-0.3, -0.25) is 9.59 Å². The largest absolute Gasteiger partial charge is 0.493 e. The van der Waals surface area contributed by atoms with Crippen LogP contribution in [0.4, 0.5) is 0 Å². The van der Waals surface area contributed by atoms with Crippen molar-refractivity contribution in [1.82, 2.24) is 4.90 Å². The van der Waals surface area contributed by atoms with Crippen molar-refractivity contribution in [3.05, 3.63) is 53.6 Å².